The topological polar surface area (TPSA) is 72.9 Å². The van der Waals surface area contributed by atoms with Crippen LogP contribution >= 0.6 is 0 Å². The van der Waals surface area contributed by atoms with E-state index in [1.165, 1.54) is 6.92 Å². The minimum absolute atomic E-state index is 0.186. The summed E-state index contributed by atoms with van der Waals surface area (Å²) in [7, 11) is 3.93. The average molecular weight is 243 g/mol. The molecule has 2 amide bonds. The Morgan fingerprint density at radius 2 is 2.18 bits per heavy atom. The molecule has 0 bridgehead atoms. The van der Waals surface area contributed by atoms with E-state index in [-0.39, 0.29) is 12.1 Å². The van der Waals surface area contributed by atoms with Crippen molar-refractivity contribution in [3.8, 4) is 0 Å². The molecular weight excluding hydrogens is 222 g/mol. The van der Waals surface area contributed by atoms with E-state index in [2.05, 4.69) is 5.32 Å². The zero-order chi connectivity index (χ0) is 13.0. The number of rotatable bonds is 4. The third kappa shape index (κ3) is 3.89. The maximum absolute atomic E-state index is 11.9. The molecule has 1 aliphatic rings. The third-order valence-corrected chi connectivity index (χ3v) is 2.92. The summed E-state index contributed by atoms with van der Waals surface area (Å²) < 4.78 is 0. The third-order valence-electron chi connectivity index (χ3n) is 2.92. The standard InChI is InChI=1S/C11H21N3O3/c1-8(10(15)16)12-11(17)14-6-4-5-9(14)7-13(2)3/h8-9H,4-7H2,1-3H3,(H,12,17)(H,15,16). The van der Waals surface area contributed by atoms with Crippen molar-refractivity contribution in [2.45, 2.75) is 31.8 Å². The minimum atomic E-state index is -1.01. The van der Waals surface area contributed by atoms with Gasteiger partial charge in [0.1, 0.15) is 6.04 Å². The van der Waals surface area contributed by atoms with E-state index < -0.39 is 12.0 Å². The van der Waals surface area contributed by atoms with Crippen LogP contribution in [0.2, 0.25) is 0 Å². The molecule has 6 nitrogen and oxygen atoms in total. The van der Waals surface area contributed by atoms with Gasteiger partial charge in [-0.25, -0.2) is 4.79 Å². The van der Waals surface area contributed by atoms with E-state index in [0.29, 0.717) is 6.54 Å². The Morgan fingerprint density at radius 3 is 2.71 bits per heavy atom. The van der Waals surface area contributed by atoms with Gasteiger partial charge in [0.15, 0.2) is 0 Å². The first-order valence-electron chi connectivity index (χ1n) is 5.86. The fraction of sp³-hybridized carbons (Fsp3) is 0.818. The van der Waals surface area contributed by atoms with E-state index in [0.717, 1.165) is 19.4 Å². The van der Waals surface area contributed by atoms with Gasteiger partial charge in [-0.2, -0.15) is 0 Å². The summed E-state index contributed by atoms with van der Waals surface area (Å²) in [5, 5.41) is 11.2. The lowest BCUT2D eigenvalue weighted by atomic mass is 10.2. The van der Waals surface area contributed by atoms with Crippen molar-refractivity contribution in [3.63, 3.8) is 0 Å². The molecule has 0 aliphatic carbocycles. The Hall–Kier alpha value is -1.30. The van der Waals surface area contributed by atoms with Gasteiger partial charge in [-0.15, -0.1) is 0 Å². The summed E-state index contributed by atoms with van der Waals surface area (Å²) in [4.78, 5) is 26.3. The van der Waals surface area contributed by atoms with Gasteiger partial charge in [-0.3, -0.25) is 4.79 Å². The molecule has 2 N–H and O–H groups in total. The molecule has 2 atom stereocenters. The van der Waals surface area contributed by atoms with Crippen LogP contribution in [-0.4, -0.2) is 66.2 Å². The van der Waals surface area contributed by atoms with E-state index in [9.17, 15) is 9.59 Å². The normalized spacial score (nSPS) is 21.6. The summed E-state index contributed by atoms with van der Waals surface area (Å²) in [6.07, 6.45) is 1.96. The first-order chi connectivity index (χ1) is 7.91. The molecule has 1 fully saturated rings. The number of nitrogens with zero attached hydrogens (tertiary/aromatic N) is 2. The zero-order valence-corrected chi connectivity index (χ0v) is 10.6. The van der Waals surface area contributed by atoms with Gasteiger partial charge in [0, 0.05) is 19.1 Å². The quantitative estimate of drug-likeness (QED) is 0.739. The van der Waals surface area contributed by atoms with Crippen LogP contribution in [0.5, 0.6) is 0 Å². The van der Waals surface area contributed by atoms with E-state index >= 15 is 0 Å². The molecule has 1 aliphatic heterocycles. The molecule has 2 unspecified atom stereocenters. The highest BCUT2D eigenvalue weighted by Crippen LogP contribution is 2.17. The number of carbonyl (C=O) groups excluding carboxylic acids is 1. The van der Waals surface area contributed by atoms with Crippen LogP contribution in [0.25, 0.3) is 0 Å². The molecule has 17 heavy (non-hydrogen) atoms. The predicted molar refractivity (Wildman–Crippen MR) is 63.9 cm³/mol. The molecule has 1 rings (SSSR count). The van der Waals surface area contributed by atoms with Crippen LogP contribution in [0.15, 0.2) is 0 Å². The van der Waals surface area contributed by atoms with E-state index in [4.69, 9.17) is 5.11 Å². The zero-order valence-electron chi connectivity index (χ0n) is 10.6. The lowest BCUT2D eigenvalue weighted by Crippen LogP contribution is -2.50. The van der Waals surface area contributed by atoms with Crippen molar-refractivity contribution < 1.29 is 14.7 Å². The number of amides is 2. The largest absolute Gasteiger partial charge is 0.480 e. The number of hydrogen-bond acceptors (Lipinski definition) is 3. The van der Waals surface area contributed by atoms with Crippen molar-refractivity contribution in [3.05, 3.63) is 0 Å². The lowest BCUT2D eigenvalue weighted by Gasteiger charge is -2.28. The first kappa shape index (κ1) is 13.8. The molecule has 1 heterocycles. The fourth-order valence-electron chi connectivity index (χ4n) is 2.04. The van der Waals surface area contributed by atoms with Gasteiger partial charge in [0.05, 0.1) is 0 Å². The Labute approximate surface area is 102 Å². The molecule has 98 valence electrons. The number of carboxylic acid groups (broad SMARTS) is 1. The molecule has 0 aromatic heterocycles. The summed E-state index contributed by atoms with van der Waals surface area (Å²) in [6, 6.07) is -0.932. The van der Waals surface area contributed by atoms with Gasteiger partial charge in [0.2, 0.25) is 0 Å². The number of urea groups is 1. The number of carbonyl (C=O) groups is 2. The second kappa shape index (κ2) is 5.86. The van der Waals surface area contributed by atoms with Crippen molar-refractivity contribution in [1.82, 2.24) is 15.1 Å². The highest BCUT2D eigenvalue weighted by molar-refractivity contribution is 5.82. The van der Waals surface area contributed by atoms with Crippen LogP contribution in [0.4, 0.5) is 4.79 Å². The Bertz CT molecular complexity index is 294. The Morgan fingerprint density at radius 1 is 1.53 bits per heavy atom. The molecule has 0 spiro atoms. The molecular formula is C11H21N3O3. The van der Waals surface area contributed by atoms with Gasteiger partial charge in [0.25, 0.3) is 0 Å². The number of nitrogens with one attached hydrogen (secondary N) is 1. The number of likely N-dealkylation sites (tertiary alicyclic amines) is 1. The number of aliphatic carboxylic acids is 1. The Kier molecular flexibility index (Phi) is 4.74. The Balaban J connectivity index is 2.52. The van der Waals surface area contributed by atoms with Crippen molar-refractivity contribution in [2.24, 2.45) is 0 Å². The smallest absolute Gasteiger partial charge is 0.325 e. The molecule has 1 saturated heterocycles. The van der Waals surface area contributed by atoms with Crippen LogP contribution in [-0.2, 0) is 4.79 Å². The first-order valence-corrected chi connectivity index (χ1v) is 5.86. The maximum Gasteiger partial charge on any atom is 0.325 e. The number of carboxylic acids is 1. The van der Waals surface area contributed by atoms with Crippen LogP contribution in [0.3, 0.4) is 0 Å². The van der Waals surface area contributed by atoms with Crippen LogP contribution in [0, 0.1) is 0 Å². The number of hydrogen-bond donors (Lipinski definition) is 2. The van der Waals surface area contributed by atoms with Crippen LogP contribution in [0.1, 0.15) is 19.8 Å². The van der Waals surface area contributed by atoms with Gasteiger partial charge >= 0.3 is 12.0 Å². The van der Waals surface area contributed by atoms with Crippen LogP contribution < -0.4 is 5.32 Å². The van der Waals surface area contributed by atoms with Gasteiger partial charge < -0.3 is 20.2 Å². The van der Waals surface area contributed by atoms with Gasteiger partial charge in [-0.1, -0.05) is 0 Å². The van der Waals surface area contributed by atoms with Crippen molar-refractivity contribution >= 4 is 12.0 Å². The SMILES string of the molecule is CC(NC(=O)N1CCCC1CN(C)C)C(=O)O. The summed E-state index contributed by atoms with van der Waals surface area (Å²) in [6.45, 7) is 2.99. The highest BCUT2D eigenvalue weighted by atomic mass is 16.4. The van der Waals surface area contributed by atoms with E-state index in [1.807, 2.05) is 19.0 Å². The number of likely N-dealkylation sites (N-methyl/N-ethyl adjacent to an activating group) is 1. The monoisotopic (exact) mass is 243 g/mol. The second-order valence-electron chi connectivity index (χ2n) is 4.76. The van der Waals surface area contributed by atoms with Crippen molar-refractivity contribution in [2.75, 3.05) is 27.2 Å². The highest BCUT2D eigenvalue weighted by Gasteiger charge is 2.30. The maximum atomic E-state index is 11.9. The fourth-order valence-corrected chi connectivity index (χ4v) is 2.04. The van der Waals surface area contributed by atoms with Gasteiger partial charge in [-0.05, 0) is 33.9 Å². The molecule has 6 heteroatoms. The minimum Gasteiger partial charge on any atom is -0.480 e. The molecule has 0 saturated carbocycles. The van der Waals surface area contributed by atoms with E-state index in [1.54, 1.807) is 4.90 Å². The molecule has 0 aromatic carbocycles. The van der Waals surface area contributed by atoms with Crippen molar-refractivity contribution in [1.29, 1.82) is 0 Å². The average Bonchev–Trinajstić information content (AvgIpc) is 2.64. The summed E-state index contributed by atoms with van der Waals surface area (Å²) in [5.41, 5.74) is 0. The second-order valence-corrected chi connectivity index (χ2v) is 4.76. The lowest BCUT2D eigenvalue weighted by molar-refractivity contribution is -0.138. The molecule has 0 aromatic rings. The molecule has 0 radical (unpaired) electrons. The summed E-state index contributed by atoms with van der Waals surface area (Å²) in [5.74, 6) is -1.01. The summed E-state index contributed by atoms with van der Waals surface area (Å²) >= 11 is 0. The predicted octanol–water partition coefficient (Wildman–Crippen LogP) is 0.195.